The molecule has 134 valence electrons. The quantitative estimate of drug-likeness (QED) is 0.781. The molecule has 2 rings (SSSR count). The van der Waals surface area contributed by atoms with E-state index >= 15 is 0 Å². The molecule has 0 heterocycles. The molecule has 2 aromatic carbocycles. The Morgan fingerprint density at radius 1 is 1.19 bits per heavy atom. The van der Waals surface area contributed by atoms with Gasteiger partial charge < -0.3 is 15.0 Å². The third kappa shape index (κ3) is 5.38. The van der Waals surface area contributed by atoms with Crippen molar-refractivity contribution in [3.63, 3.8) is 0 Å². The first-order valence-electron chi connectivity index (χ1n) is 8.26. The van der Waals surface area contributed by atoms with Crippen LogP contribution in [0.25, 0.3) is 0 Å². The molecular formula is C21H22N2O3. The third-order valence-corrected chi connectivity index (χ3v) is 3.92. The molecule has 0 aliphatic carbocycles. The molecule has 0 atom stereocenters. The fourth-order valence-corrected chi connectivity index (χ4v) is 2.53. The van der Waals surface area contributed by atoms with Crippen LogP contribution in [0.2, 0.25) is 0 Å². The second kappa shape index (κ2) is 9.28. The maximum Gasteiger partial charge on any atom is 0.243 e. The zero-order valence-corrected chi connectivity index (χ0v) is 15.0. The molecule has 2 amide bonds. The summed E-state index contributed by atoms with van der Waals surface area (Å²) in [5.74, 6) is 2.89. The van der Waals surface area contributed by atoms with Crippen LogP contribution in [0.4, 0.5) is 5.69 Å². The lowest BCUT2D eigenvalue weighted by Gasteiger charge is -2.17. The summed E-state index contributed by atoms with van der Waals surface area (Å²) in [6.45, 7) is -0.0228. The van der Waals surface area contributed by atoms with E-state index in [4.69, 9.17) is 11.2 Å². The molecule has 0 bridgehead atoms. The molecule has 0 radical (unpaired) electrons. The van der Waals surface area contributed by atoms with Gasteiger partial charge in [-0.05, 0) is 36.2 Å². The molecule has 0 saturated heterocycles. The van der Waals surface area contributed by atoms with Gasteiger partial charge in [-0.2, -0.15) is 0 Å². The molecule has 0 unspecified atom stereocenters. The fourth-order valence-electron chi connectivity index (χ4n) is 2.53. The molecule has 0 aliphatic heterocycles. The van der Waals surface area contributed by atoms with Crippen LogP contribution in [0.5, 0.6) is 5.75 Å². The Hall–Kier alpha value is -3.26. The van der Waals surface area contributed by atoms with Gasteiger partial charge in [-0.15, -0.1) is 6.42 Å². The average molecular weight is 350 g/mol. The van der Waals surface area contributed by atoms with E-state index in [-0.39, 0.29) is 18.4 Å². The number of para-hydroxylation sites is 1. The van der Waals surface area contributed by atoms with E-state index in [0.717, 1.165) is 11.3 Å². The lowest BCUT2D eigenvalue weighted by molar-refractivity contribution is -0.133. The largest absolute Gasteiger partial charge is 0.496 e. The minimum Gasteiger partial charge on any atom is -0.496 e. The van der Waals surface area contributed by atoms with E-state index in [9.17, 15) is 9.59 Å². The first kappa shape index (κ1) is 19.1. The van der Waals surface area contributed by atoms with Crippen LogP contribution < -0.4 is 10.1 Å². The number of anilines is 1. The highest BCUT2D eigenvalue weighted by Gasteiger charge is 2.14. The van der Waals surface area contributed by atoms with Crippen molar-refractivity contribution in [1.82, 2.24) is 4.90 Å². The molecule has 26 heavy (non-hydrogen) atoms. The summed E-state index contributed by atoms with van der Waals surface area (Å²) >= 11 is 0. The normalized spacial score (nSPS) is 9.88. The van der Waals surface area contributed by atoms with Crippen LogP contribution in [0.1, 0.15) is 17.5 Å². The number of methoxy groups -OCH3 is 1. The Bertz CT molecular complexity index is 824. The zero-order valence-electron chi connectivity index (χ0n) is 15.0. The van der Waals surface area contributed by atoms with E-state index in [1.807, 2.05) is 24.3 Å². The Morgan fingerprint density at radius 3 is 2.69 bits per heavy atom. The highest BCUT2D eigenvalue weighted by atomic mass is 16.5. The summed E-state index contributed by atoms with van der Waals surface area (Å²) in [5.41, 5.74) is 2.26. The second-order valence-electron chi connectivity index (χ2n) is 5.83. The summed E-state index contributed by atoms with van der Waals surface area (Å²) in [7, 11) is 3.22. The van der Waals surface area contributed by atoms with Crippen LogP contribution >= 0.6 is 0 Å². The van der Waals surface area contributed by atoms with E-state index < -0.39 is 0 Å². The number of likely N-dealkylation sites (N-methyl/N-ethyl adjacent to an activating group) is 1. The van der Waals surface area contributed by atoms with Crippen molar-refractivity contribution in [3.05, 3.63) is 59.7 Å². The standard InChI is InChI=1S/C21H22N2O3/c1-4-16-8-7-10-18(14-16)22-20(24)15-23(2)21(25)13-12-17-9-5-6-11-19(17)26-3/h1,5-11,14H,12-13,15H2,2-3H3,(H,22,24). The number of hydrogen-bond donors (Lipinski definition) is 1. The first-order valence-corrected chi connectivity index (χ1v) is 8.26. The van der Waals surface area contributed by atoms with Crippen molar-refractivity contribution in [2.45, 2.75) is 12.8 Å². The van der Waals surface area contributed by atoms with Gasteiger partial charge in [-0.1, -0.05) is 30.2 Å². The lowest BCUT2D eigenvalue weighted by Crippen LogP contribution is -2.35. The van der Waals surface area contributed by atoms with Crippen molar-refractivity contribution in [3.8, 4) is 18.1 Å². The van der Waals surface area contributed by atoms with Crippen molar-refractivity contribution < 1.29 is 14.3 Å². The molecular weight excluding hydrogens is 328 g/mol. The van der Waals surface area contributed by atoms with Crippen LogP contribution in [0.3, 0.4) is 0 Å². The van der Waals surface area contributed by atoms with Gasteiger partial charge in [0, 0.05) is 24.7 Å². The summed E-state index contributed by atoms with van der Waals surface area (Å²) in [4.78, 5) is 25.8. The topological polar surface area (TPSA) is 58.6 Å². The third-order valence-electron chi connectivity index (χ3n) is 3.92. The number of nitrogens with zero attached hydrogens (tertiary/aromatic N) is 1. The number of ether oxygens (including phenoxy) is 1. The van der Waals surface area contributed by atoms with Gasteiger partial charge in [0.15, 0.2) is 0 Å². The molecule has 2 aromatic rings. The molecule has 0 fully saturated rings. The Balaban J connectivity index is 1.86. The minimum absolute atomic E-state index is 0.0228. The van der Waals surface area contributed by atoms with Gasteiger partial charge in [-0.25, -0.2) is 0 Å². The highest BCUT2D eigenvalue weighted by molar-refractivity contribution is 5.94. The maximum absolute atomic E-state index is 12.3. The number of carbonyl (C=O) groups excluding carboxylic acids is 2. The number of aryl methyl sites for hydroxylation is 1. The lowest BCUT2D eigenvalue weighted by atomic mass is 10.1. The Kier molecular flexibility index (Phi) is 6.81. The number of nitrogens with one attached hydrogen (secondary N) is 1. The van der Waals surface area contributed by atoms with Crippen molar-refractivity contribution in [2.75, 3.05) is 26.0 Å². The second-order valence-corrected chi connectivity index (χ2v) is 5.83. The molecule has 0 spiro atoms. The van der Waals surface area contributed by atoms with Gasteiger partial charge in [0.2, 0.25) is 11.8 Å². The molecule has 0 saturated carbocycles. The SMILES string of the molecule is C#Cc1cccc(NC(=O)CN(C)C(=O)CCc2ccccc2OC)c1. The number of hydrogen-bond acceptors (Lipinski definition) is 3. The highest BCUT2D eigenvalue weighted by Crippen LogP contribution is 2.19. The van der Waals surface area contributed by atoms with Crippen LogP contribution in [-0.2, 0) is 16.0 Å². The first-order chi connectivity index (χ1) is 12.5. The predicted octanol–water partition coefficient (Wildman–Crippen LogP) is 2.71. The molecule has 0 aromatic heterocycles. The van der Waals surface area contributed by atoms with Gasteiger partial charge in [0.05, 0.1) is 13.7 Å². The summed E-state index contributed by atoms with van der Waals surface area (Å²) in [5, 5.41) is 2.75. The molecule has 5 heteroatoms. The number of rotatable bonds is 7. The van der Waals surface area contributed by atoms with Gasteiger partial charge >= 0.3 is 0 Å². The zero-order chi connectivity index (χ0) is 18.9. The molecule has 1 N–H and O–H groups in total. The van der Waals surface area contributed by atoms with E-state index in [0.29, 0.717) is 24.1 Å². The van der Waals surface area contributed by atoms with Crippen LogP contribution in [0.15, 0.2) is 48.5 Å². The number of benzene rings is 2. The van der Waals surface area contributed by atoms with Crippen LogP contribution in [-0.4, -0.2) is 37.4 Å². The van der Waals surface area contributed by atoms with Crippen LogP contribution in [0, 0.1) is 12.3 Å². The van der Waals surface area contributed by atoms with Gasteiger partial charge in [0.1, 0.15) is 5.75 Å². The van der Waals surface area contributed by atoms with E-state index in [1.54, 1.807) is 38.4 Å². The molecule has 5 nitrogen and oxygen atoms in total. The number of amides is 2. The average Bonchev–Trinajstić information content (AvgIpc) is 2.66. The number of carbonyl (C=O) groups is 2. The fraction of sp³-hybridized carbons (Fsp3) is 0.238. The monoisotopic (exact) mass is 350 g/mol. The van der Waals surface area contributed by atoms with Crippen molar-refractivity contribution in [1.29, 1.82) is 0 Å². The smallest absolute Gasteiger partial charge is 0.243 e. The van der Waals surface area contributed by atoms with Gasteiger partial charge in [-0.3, -0.25) is 9.59 Å². The molecule has 0 aliphatic rings. The summed E-state index contributed by atoms with van der Waals surface area (Å²) in [6.07, 6.45) is 6.20. The number of terminal acetylenes is 1. The summed E-state index contributed by atoms with van der Waals surface area (Å²) < 4.78 is 5.28. The Labute approximate surface area is 154 Å². The summed E-state index contributed by atoms with van der Waals surface area (Å²) in [6, 6.07) is 14.6. The minimum atomic E-state index is -0.271. The van der Waals surface area contributed by atoms with Crippen molar-refractivity contribution >= 4 is 17.5 Å². The Morgan fingerprint density at radius 2 is 1.96 bits per heavy atom. The predicted molar refractivity (Wildman–Crippen MR) is 102 cm³/mol. The maximum atomic E-state index is 12.3. The van der Waals surface area contributed by atoms with E-state index in [1.165, 1.54) is 4.90 Å². The van der Waals surface area contributed by atoms with Crippen molar-refractivity contribution in [2.24, 2.45) is 0 Å². The van der Waals surface area contributed by atoms with Gasteiger partial charge in [0.25, 0.3) is 0 Å². The van der Waals surface area contributed by atoms with E-state index in [2.05, 4.69) is 11.2 Å².